The molecule has 1 aromatic rings. The first kappa shape index (κ1) is 15.8. The summed E-state index contributed by atoms with van der Waals surface area (Å²) in [5.74, 6) is 0. The van der Waals surface area contributed by atoms with Gasteiger partial charge in [0, 0.05) is 17.1 Å². The monoisotopic (exact) mass is 317 g/mol. The molecule has 0 aliphatic carbocycles. The van der Waals surface area contributed by atoms with E-state index >= 15 is 0 Å². The summed E-state index contributed by atoms with van der Waals surface area (Å²) in [6, 6.07) is 4.58. The number of benzene rings is 1. The Labute approximate surface area is 125 Å². The smallest absolute Gasteiger partial charge is 0.243 e. The third kappa shape index (κ3) is 2.72. The van der Waals surface area contributed by atoms with Crippen molar-refractivity contribution in [3.05, 3.63) is 28.8 Å². The molecule has 1 N–H and O–H groups in total. The predicted molar refractivity (Wildman–Crippen MR) is 79.2 cm³/mol. The van der Waals surface area contributed by atoms with Crippen molar-refractivity contribution in [3.63, 3.8) is 0 Å². The molecule has 1 heterocycles. The van der Waals surface area contributed by atoms with Crippen molar-refractivity contribution in [3.8, 4) is 0 Å². The minimum Gasteiger partial charge on any atom is -0.392 e. The number of hydrogen-bond donors (Lipinski definition) is 1. The molecule has 2 unspecified atom stereocenters. The number of aliphatic hydroxyl groups excluding tert-OH is 1. The van der Waals surface area contributed by atoms with Gasteiger partial charge in [0.25, 0.3) is 0 Å². The molecule has 2 atom stereocenters. The van der Waals surface area contributed by atoms with Crippen molar-refractivity contribution in [2.75, 3.05) is 0 Å². The van der Waals surface area contributed by atoms with Crippen LogP contribution in [0.15, 0.2) is 23.1 Å². The number of sulfonamides is 1. The number of rotatable bonds is 4. The van der Waals surface area contributed by atoms with Gasteiger partial charge in [-0.2, -0.15) is 4.31 Å². The van der Waals surface area contributed by atoms with Crippen molar-refractivity contribution < 1.29 is 13.5 Å². The summed E-state index contributed by atoms with van der Waals surface area (Å²) >= 11 is 5.92. The summed E-state index contributed by atoms with van der Waals surface area (Å²) in [6.07, 6.45) is 2.60. The molecule has 1 saturated heterocycles. The van der Waals surface area contributed by atoms with E-state index in [1.165, 1.54) is 18.2 Å². The zero-order valence-corrected chi connectivity index (χ0v) is 13.3. The molecular weight excluding hydrogens is 298 g/mol. The summed E-state index contributed by atoms with van der Waals surface area (Å²) in [7, 11) is -3.53. The van der Waals surface area contributed by atoms with Gasteiger partial charge in [0.05, 0.1) is 11.5 Å². The van der Waals surface area contributed by atoms with Crippen molar-refractivity contribution in [2.24, 2.45) is 0 Å². The molecule has 2 rings (SSSR count). The predicted octanol–water partition coefficient (Wildman–Crippen LogP) is 2.78. The lowest BCUT2D eigenvalue weighted by molar-refractivity contribution is 0.281. The van der Waals surface area contributed by atoms with E-state index in [1.807, 2.05) is 13.8 Å². The molecule has 1 aliphatic heterocycles. The van der Waals surface area contributed by atoms with Gasteiger partial charge in [-0.15, -0.1) is 0 Å². The fraction of sp³-hybridized carbons (Fsp3) is 0.571. The van der Waals surface area contributed by atoms with Crippen LogP contribution in [0.4, 0.5) is 0 Å². The molecule has 0 aromatic heterocycles. The van der Waals surface area contributed by atoms with Gasteiger partial charge in [0.1, 0.15) is 0 Å². The Morgan fingerprint density at radius 1 is 1.40 bits per heavy atom. The van der Waals surface area contributed by atoms with Crippen molar-refractivity contribution in [1.82, 2.24) is 4.31 Å². The van der Waals surface area contributed by atoms with Crippen LogP contribution in [0.2, 0.25) is 5.02 Å². The van der Waals surface area contributed by atoms with Crippen LogP contribution in [-0.2, 0) is 16.6 Å². The van der Waals surface area contributed by atoms with Crippen LogP contribution in [0.5, 0.6) is 0 Å². The number of halogens is 1. The first-order valence-electron chi connectivity index (χ1n) is 6.84. The number of nitrogens with zero attached hydrogens (tertiary/aromatic N) is 1. The number of aliphatic hydroxyl groups is 1. The first-order chi connectivity index (χ1) is 9.41. The fourth-order valence-corrected chi connectivity index (χ4v) is 5.00. The lowest BCUT2D eigenvalue weighted by Gasteiger charge is -2.27. The third-order valence-corrected chi connectivity index (χ3v) is 6.38. The summed E-state index contributed by atoms with van der Waals surface area (Å²) in [5.41, 5.74) is 0.438. The van der Waals surface area contributed by atoms with Gasteiger partial charge in [-0.1, -0.05) is 18.5 Å². The maximum atomic E-state index is 12.8. The SMILES string of the molecule is CCC1CCC(C)N1S(=O)(=O)c1ccc(Cl)c(CO)c1. The fourth-order valence-electron chi connectivity index (χ4n) is 2.82. The number of hydrogen-bond acceptors (Lipinski definition) is 3. The van der Waals surface area contributed by atoms with Gasteiger partial charge in [-0.3, -0.25) is 0 Å². The molecular formula is C14H20ClNO3S. The average molecular weight is 318 g/mol. The maximum absolute atomic E-state index is 12.8. The van der Waals surface area contributed by atoms with Crippen LogP contribution < -0.4 is 0 Å². The van der Waals surface area contributed by atoms with E-state index in [9.17, 15) is 13.5 Å². The van der Waals surface area contributed by atoms with Gasteiger partial charge < -0.3 is 5.11 Å². The zero-order valence-electron chi connectivity index (χ0n) is 11.7. The molecule has 1 aromatic carbocycles. The molecule has 20 heavy (non-hydrogen) atoms. The summed E-state index contributed by atoms with van der Waals surface area (Å²) in [5, 5.41) is 9.61. The van der Waals surface area contributed by atoms with E-state index in [2.05, 4.69) is 0 Å². The Hall–Kier alpha value is -0.620. The molecule has 1 fully saturated rings. The van der Waals surface area contributed by atoms with Gasteiger partial charge in [0.15, 0.2) is 0 Å². The van der Waals surface area contributed by atoms with Gasteiger partial charge in [-0.25, -0.2) is 8.42 Å². The quantitative estimate of drug-likeness (QED) is 0.929. The van der Waals surface area contributed by atoms with Crippen LogP contribution in [0.1, 0.15) is 38.7 Å². The standard InChI is InChI=1S/C14H20ClNO3S/c1-3-12-5-4-10(2)16(12)20(18,19)13-6-7-14(15)11(8-13)9-17/h6-8,10,12,17H,3-5,9H2,1-2H3. The van der Waals surface area contributed by atoms with Gasteiger partial charge >= 0.3 is 0 Å². The highest BCUT2D eigenvalue weighted by molar-refractivity contribution is 7.89. The van der Waals surface area contributed by atoms with Crippen molar-refractivity contribution in [2.45, 2.75) is 56.7 Å². The lowest BCUT2D eigenvalue weighted by atomic mass is 10.2. The average Bonchev–Trinajstić information content (AvgIpc) is 2.80. The van der Waals surface area contributed by atoms with E-state index in [0.29, 0.717) is 10.6 Å². The molecule has 0 amide bonds. The Kier molecular flexibility index (Phi) is 4.74. The second-order valence-electron chi connectivity index (χ2n) is 5.23. The van der Waals surface area contributed by atoms with Crippen LogP contribution >= 0.6 is 11.6 Å². The summed E-state index contributed by atoms with van der Waals surface area (Å²) < 4.78 is 27.2. The lowest BCUT2D eigenvalue weighted by Crippen LogP contribution is -2.39. The topological polar surface area (TPSA) is 57.6 Å². The Morgan fingerprint density at radius 2 is 2.10 bits per heavy atom. The molecule has 1 aliphatic rings. The highest BCUT2D eigenvalue weighted by Gasteiger charge is 2.39. The van der Waals surface area contributed by atoms with Crippen molar-refractivity contribution in [1.29, 1.82) is 0 Å². The molecule has 6 heteroatoms. The molecule has 0 saturated carbocycles. The maximum Gasteiger partial charge on any atom is 0.243 e. The van der Waals surface area contributed by atoms with E-state index in [0.717, 1.165) is 19.3 Å². The minimum absolute atomic E-state index is 0.0122. The van der Waals surface area contributed by atoms with Crippen LogP contribution in [0, 0.1) is 0 Å². The van der Waals surface area contributed by atoms with Crippen LogP contribution in [-0.4, -0.2) is 29.9 Å². The van der Waals surface area contributed by atoms with E-state index in [-0.39, 0.29) is 23.6 Å². The normalized spacial score (nSPS) is 24.2. The Balaban J connectivity index is 2.44. The molecule has 0 bridgehead atoms. The third-order valence-electron chi connectivity index (χ3n) is 3.95. The highest BCUT2D eigenvalue weighted by Crippen LogP contribution is 2.33. The molecule has 112 valence electrons. The minimum atomic E-state index is -3.53. The second kappa shape index (κ2) is 6.02. The highest BCUT2D eigenvalue weighted by atomic mass is 35.5. The van der Waals surface area contributed by atoms with Gasteiger partial charge in [-0.05, 0) is 49.9 Å². The Bertz CT molecular complexity index is 588. The van der Waals surface area contributed by atoms with Gasteiger partial charge in [0.2, 0.25) is 10.0 Å². The second-order valence-corrected chi connectivity index (χ2v) is 7.49. The molecule has 4 nitrogen and oxygen atoms in total. The van der Waals surface area contributed by atoms with E-state index in [1.54, 1.807) is 4.31 Å². The zero-order chi connectivity index (χ0) is 14.9. The van der Waals surface area contributed by atoms with E-state index in [4.69, 9.17) is 11.6 Å². The Morgan fingerprint density at radius 3 is 2.70 bits per heavy atom. The largest absolute Gasteiger partial charge is 0.392 e. The van der Waals surface area contributed by atoms with E-state index < -0.39 is 10.0 Å². The van der Waals surface area contributed by atoms with Crippen LogP contribution in [0.25, 0.3) is 0 Å². The first-order valence-corrected chi connectivity index (χ1v) is 8.66. The molecule has 0 spiro atoms. The molecule has 0 radical (unpaired) electrons. The van der Waals surface area contributed by atoms with Crippen LogP contribution in [0.3, 0.4) is 0 Å². The summed E-state index contributed by atoms with van der Waals surface area (Å²) in [4.78, 5) is 0.207. The van der Waals surface area contributed by atoms with Crippen molar-refractivity contribution >= 4 is 21.6 Å². The summed E-state index contributed by atoms with van der Waals surface area (Å²) in [6.45, 7) is 3.68.